The van der Waals surface area contributed by atoms with Gasteiger partial charge in [-0.2, -0.15) is 0 Å². The molecule has 33 heavy (non-hydrogen) atoms. The van der Waals surface area contributed by atoms with E-state index < -0.39 is 35.2 Å². The van der Waals surface area contributed by atoms with Crippen molar-refractivity contribution < 1.29 is 23.1 Å². The molecule has 0 bridgehead atoms. The zero-order valence-corrected chi connectivity index (χ0v) is 18.3. The van der Waals surface area contributed by atoms with Crippen LogP contribution in [-0.4, -0.2) is 34.5 Å². The molecular formula is C24H24F2N4O3. The highest BCUT2D eigenvalue weighted by atomic mass is 19.1. The zero-order chi connectivity index (χ0) is 23.3. The molecule has 9 heteroatoms. The van der Waals surface area contributed by atoms with E-state index >= 15 is 0 Å². The summed E-state index contributed by atoms with van der Waals surface area (Å²) in [4.78, 5) is 29.9. The number of nitrogens with zero attached hydrogens (tertiary/aromatic N) is 2. The van der Waals surface area contributed by atoms with E-state index in [-0.39, 0.29) is 29.9 Å². The Bertz CT molecular complexity index is 1240. The van der Waals surface area contributed by atoms with Crippen molar-refractivity contribution in [2.75, 3.05) is 7.11 Å². The van der Waals surface area contributed by atoms with Crippen molar-refractivity contribution in [2.45, 2.75) is 43.2 Å². The Morgan fingerprint density at radius 1 is 1.27 bits per heavy atom. The summed E-state index contributed by atoms with van der Waals surface area (Å²) in [5, 5.41) is 6.65. The van der Waals surface area contributed by atoms with Crippen molar-refractivity contribution in [3.05, 3.63) is 59.4 Å². The molecule has 2 aliphatic rings. The number of hydrogen-bond acceptors (Lipinski definition) is 4. The second kappa shape index (κ2) is 7.83. The third-order valence-corrected chi connectivity index (χ3v) is 6.75. The second-order valence-corrected chi connectivity index (χ2v) is 8.80. The van der Waals surface area contributed by atoms with Crippen molar-refractivity contribution in [3.8, 4) is 5.75 Å². The molecule has 2 saturated carbocycles. The number of hydrogen-bond donors (Lipinski definition) is 2. The largest absolute Gasteiger partial charge is 0.497 e. The minimum absolute atomic E-state index is 0.0561. The molecule has 2 aromatic heterocycles. The quantitative estimate of drug-likeness (QED) is 0.616. The molecule has 2 N–H and O–H groups in total. The van der Waals surface area contributed by atoms with E-state index in [0.29, 0.717) is 0 Å². The molecule has 2 atom stereocenters. The number of Topliss-reactive ketones (excluding diaryl/α,β-unsaturated/α-hetero) is 1. The number of rotatable bonds is 5. The number of carbonyl (C=O) groups is 2. The summed E-state index contributed by atoms with van der Waals surface area (Å²) < 4.78 is 36.2. The number of halogens is 2. The SMILES string of the molecule is COc1cc(F)c([C@@H]2CCC(=O)[C@H]2NC(=O)NC2(c3cn(C)c4ncccc34)CC2)c(F)c1. The van der Waals surface area contributed by atoms with Gasteiger partial charge in [-0.25, -0.2) is 18.6 Å². The van der Waals surface area contributed by atoms with E-state index in [1.165, 1.54) is 7.11 Å². The van der Waals surface area contributed by atoms with E-state index in [0.717, 1.165) is 41.6 Å². The van der Waals surface area contributed by atoms with Gasteiger partial charge in [-0.05, 0) is 31.4 Å². The lowest BCUT2D eigenvalue weighted by molar-refractivity contribution is -0.119. The third kappa shape index (κ3) is 3.61. The molecule has 1 aromatic carbocycles. The first kappa shape index (κ1) is 21.4. The van der Waals surface area contributed by atoms with Gasteiger partial charge in [-0.1, -0.05) is 0 Å². The van der Waals surface area contributed by atoms with Crippen LogP contribution in [0, 0.1) is 11.6 Å². The maximum Gasteiger partial charge on any atom is 0.316 e. The molecule has 0 radical (unpaired) electrons. The monoisotopic (exact) mass is 454 g/mol. The van der Waals surface area contributed by atoms with Gasteiger partial charge in [0.05, 0.1) is 18.7 Å². The van der Waals surface area contributed by atoms with Gasteiger partial charge in [0, 0.05) is 60.4 Å². The summed E-state index contributed by atoms with van der Waals surface area (Å²) in [5.41, 5.74) is 1.02. The number of benzene rings is 1. The molecule has 2 fully saturated rings. The van der Waals surface area contributed by atoms with Gasteiger partial charge in [-0.3, -0.25) is 4.79 Å². The van der Waals surface area contributed by atoms with Crippen LogP contribution in [0.3, 0.4) is 0 Å². The van der Waals surface area contributed by atoms with Gasteiger partial charge in [0.1, 0.15) is 23.0 Å². The number of aromatic nitrogens is 2. The van der Waals surface area contributed by atoms with Crippen LogP contribution >= 0.6 is 0 Å². The summed E-state index contributed by atoms with van der Waals surface area (Å²) in [6.45, 7) is 0. The maximum atomic E-state index is 14.7. The number of pyridine rings is 1. The van der Waals surface area contributed by atoms with Gasteiger partial charge in [0.15, 0.2) is 5.78 Å². The molecule has 0 unspecified atom stereocenters. The molecule has 5 rings (SSSR count). The number of carbonyl (C=O) groups excluding carboxylic acids is 2. The van der Waals surface area contributed by atoms with Crippen molar-refractivity contribution in [1.82, 2.24) is 20.2 Å². The van der Waals surface area contributed by atoms with Crippen molar-refractivity contribution in [2.24, 2.45) is 7.05 Å². The standard InChI is InChI=1S/C24H24F2N4O3/c1-30-12-16(14-4-3-9-27-22(14)30)24(7-8-24)29-23(32)28-21-15(5-6-19(21)31)20-17(25)10-13(33-2)11-18(20)26/h3-4,9-12,15,21H,5-8H2,1-2H3,(H2,28,29,32)/t15-,21-/m0/s1. The minimum atomic E-state index is -1.01. The Morgan fingerprint density at radius 2 is 2.00 bits per heavy atom. The van der Waals surface area contributed by atoms with E-state index in [9.17, 15) is 18.4 Å². The molecule has 172 valence electrons. The highest BCUT2D eigenvalue weighted by molar-refractivity contribution is 5.92. The average molecular weight is 454 g/mol. The van der Waals surface area contributed by atoms with Crippen molar-refractivity contribution >= 4 is 22.8 Å². The number of ketones is 1. The first-order valence-electron chi connectivity index (χ1n) is 10.9. The summed E-state index contributed by atoms with van der Waals surface area (Å²) in [5.74, 6) is -2.56. The van der Waals surface area contributed by atoms with Crippen LogP contribution < -0.4 is 15.4 Å². The van der Waals surface area contributed by atoms with Gasteiger partial charge in [-0.15, -0.1) is 0 Å². The van der Waals surface area contributed by atoms with Gasteiger partial charge in [0.25, 0.3) is 0 Å². The van der Waals surface area contributed by atoms with Crippen LogP contribution in [0.1, 0.15) is 42.7 Å². The topological polar surface area (TPSA) is 85.2 Å². The third-order valence-electron chi connectivity index (χ3n) is 6.75. The summed E-state index contributed by atoms with van der Waals surface area (Å²) in [7, 11) is 3.22. The van der Waals surface area contributed by atoms with Gasteiger partial charge < -0.3 is 19.9 Å². The van der Waals surface area contributed by atoms with E-state index in [1.54, 1.807) is 6.20 Å². The minimum Gasteiger partial charge on any atom is -0.497 e. The van der Waals surface area contributed by atoms with Crippen LogP contribution in [0.25, 0.3) is 11.0 Å². The fourth-order valence-corrected chi connectivity index (χ4v) is 4.94. The van der Waals surface area contributed by atoms with Gasteiger partial charge >= 0.3 is 6.03 Å². The Hall–Kier alpha value is -3.49. The lowest BCUT2D eigenvalue weighted by atomic mass is 9.92. The predicted molar refractivity (Wildman–Crippen MR) is 117 cm³/mol. The number of ether oxygens (including phenoxy) is 1. The van der Waals surface area contributed by atoms with Crippen LogP contribution in [-0.2, 0) is 17.4 Å². The number of fused-ring (bicyclic) bond motifs is 1. The van der Waals surface area contributed by atoms with E-state index in [4.69, 9.17) is 4.74 Å². The summed E-state index contributed by atoms with van der Waals surface area (Å²) >= 11 is 0. The van der Waals surface area contributed by atoms with Crippen molar-refractivity contribution in [3.63, 3.8) is 0 Å². The van der Waals surface area contributed by atoms with Crippen LogP contribution in [0.5, 0.6) is 5.75 Å². The van der Waals surface area contributed by atoms with E-state index in [1.807, 2.05) is 29.9 Å². The summed E-state index contributed by atoms with van der Waals surface area (Å²) in [6, 6.07) is 4.45. The van der Waals surface area contributed by atoms with E-state index in [2.05, 4.69) is 15.6 Å². The Kier molecular flexibility index (Phi) is 5.07. The predicted octanol–water partition coefficient (Wildman–Crippen LogP) is 3.66. The number of methoxy groups -OCH3 is 1. The van der Waals surface area contributed by atoms with Crippen LogP contribution in [0.15, 0.2) is 36.7 Å². The molecule has 2 aliphatic carbocycles. The molecule has 3 aromatic rings. The number of urea groups is 1. The molecule has 2 amide bonds. The Balaban J connectivity index is 1.37. The van der Waals surface area contributed by atoms with Gasteiger partial charge in [0.2, 0.25) is 0 Å². The fraction of sp³-hybridized carbons (Fsp3) is 0.375. The zero-order valence-electron chi connectivity index (χ0n) is 18.3. The fourth-order valence-electron chi connectivity index (χ4n) is 4.94. The lowest BCUT2D eigenvalue weighted by Crippen LogP contribution is -2.49. The number of amides is 2. The smallest absolute Gasteiger partial charge is 0.316 e. The highest BCUT2D eigenvalue weighted by Crippen LogP contribution is 2.48. The maximum absolute atomic E-state index is 14.7. The highest BCUT2D eigenvalue weighted by Gasteiger charge is 2.48. The molecule has 0 aliphatic heterocycles. The molecule has 0 saturated heterocycles. The molecule has 0 spiro atoms. The molecule has 2 heterocycles. The van der Waals surface area contributed by atoms with Crippen molar-refractivity contribution in [1.29, 1.82) is 0 Å². The average Bonchev–Trinajstić information content (AvgIpc) is 3.37. The number of nitrogens with one attached hydrogen (secondary N) is 2. The molecule has 7 nitrogen and oxygen atoms in total. The Labute approximate surface area is 189 Å². The Morgan fingerprint density at radius 3 is 2.67 bits per heavy atom. The first-order valence-corrected chi connectivity index (χ1v) is 10.9. The molecular weight excluding hydrogens is 430 g/mol. The summed E-state index contributed by atoms with van der Waals surface area (Å²) in [6.07, 6.45) is 5.56. The number of aryl methyl sites for hydroxylation is 1. The normalized spacial score (nSPS) is 21.3. The second-order valence-electron chi connectivity index (χ2n) is 8.80. The first-order chi connectivity index (χ1) is 15.8. The van der Waals surface area contributed by atoms with Crippen LogP contribution in [0.4, 0.5) is 13.6 Å². The van der Waals surface area contributed by atoms with Crippen LogP contribution in [0.2, 0.25) is 0 Å². The lowest BCUT2D eigenvalue weighted by Gasteiger charge is -2.24.